The van der Waals surface area contributed by atoms with Crippen LogP contribution in [0.25, 0.3) is 11.0 Å². The fraction of sp³-hybridized carbons (Fsp3) is 0.176. The third-order valence-electron chi connectivity index (χ3n) is 3.81. The second kappa shape index (κ2) is 6.76. The van der Waals surface area contributed by atoms with Crippen molar-refractivity contribution in [1.82, 2.24) is 15.3 Å². The fourth-order valence-corrected chi connectivity index (χ4v) is 2.61. The Morgan fingerprint density at radius 3 is 2.72 bits per heavy atom. The van der Waals surface area contributed by atoms with Crippen molar-refractivity contribution in [3.05, 3.63) is 59.4 Å². The number of aromatic nitrogens is 2. The van der Waals surface area contributed by atoms with Gasteiger partial charge in [0.2, 0.25) is 5.82 Å². The molecular formula is C17H15F2N3O3. The minimum absolute atomic E-state index is 0.0116. The van der Waals surface area contributed by atoms with E-state index in [0.717, 1.165) is 5.52 Å². The predicted octanol–water partition coefficient (Wildman–Crippen LogP) is 3.40. The molecule has 6 nitrogen and oxygen atoms in total. The molecule has 3 N–H and O–H groups in total. The highest BCUT2D eigenvalue weighted by atomic mass is 19.2. The highest BCUT2D eigenvalue weighted by Crippen LogP contribution is 2.26. The number of benzene rings is 2. The summed E-state index contributed by atoms with van der Waals surface area (Å²) in [6.07, 6.45) is -1.40. The summed E-state index contributed by atoms with van der Waals surface area (Å²) in [4.78, 5) is 18.4. The Bertz CT molecular complexity index is 894. The van der Waals surface area contributed by atoms with Crippen molar-refractivity contribution in [1.29, 1.82) is 0 Å². The molecule has 0 fully saturated rings. The van der Waals surface area contributed by atoms with Crippen LogP contribution in [0, 0.1) is 11.6 Å². The summed E-state index contributed by atoms with van der Waals surface area (Å²) in [5.41, 5.74) is 1.38. The molecular weight excluding hydrogens is 332 g/mol. The van der Waals surface area contributed by atoms with Crippen LogP contribution in [-0.4, -0.2) is 28.3 Å². The highest BCUT2D eigenvalue weighted by Gasteiger charge is 2.22. The summed E-state index contributed by atoms with van der Waals surface area (Å²) >= 11 is 0. The minimum Gasteiger partial charge on any atom is -0.494 e. The molecule has 0 saturated heterocycles. The van der Waals surface area contributed by atoms with Gasteiger partial charge < -0.3 is 20.1 Å². The molecule has 0 spiro atoms. The van der Waals surface area contributed by atoms with Gasteiger partial charge >= 0.3 is 6.09 Å². The summed E-state index contributed by atoms with van der Waals surface area (Å²) in [6, 6.07) is 8.94. The molecule has 0 radical (unpaired) electrons. The lowest BCUT2D eigenvalue weighted by molar-refractivity contribution is 0.189. The number of H-pyrrole nitrogens is 1. The topological polar surface area (TPSA) is 87.2 Å². The number of hydrogen-bond donors (Lipinski definition) is 3. The standard InChI is InChI=1S/C17H15F2N3O3/c1-25-13-7-6-9(14(18)15(13)19)8-12(22-17(23)24)16-20-10-4-2-3-5-11(10)21-16/h2-7,12,22H,8H2,1H3,(H,20,21)(H,23,24). The van der Waals surface area contributed by atoms with Crippen LogP contribution in [0.15, 0.2) is 36.4 Å². The molecule has 1 unspecified atom stereocenters. The van der Waals surface area contributed by atoms with Crippen molar-refractivity contribution >= 4 is 17.1 Å². The van der Waals surface area contributed by atoms with Gasteiger partial charge in [0.25, 0.3) is 0 Å². The molecule has 130 valence electrons. The molecule has 3 rings (SSSR count). The van der Waals surface area contributed by atoms with Gasteiger partial charge in [-0.1, -0.05) is 18.2 Å². The molecule has 1 heterocycles. The lowest BCUT2D eigenvalue weighted by Crippen LogP contribution is -2.29. The van der Waals surface area contributed by atoms with E-state index >= 15 is 0 Å². The number of aromatic amines is 1. The molecule has 0 saturated carbocycles. The van der Waals surface area contributed by atoms with E-state index in [9.17, 15) is 13.6 Å². The Morgan fingerprint density at radius 2 is 2.04 bits per heavy atom. The van der Waals surface area contributed by atoms with Crippen LogP contribution < -0.4 is 10.1 Å². The Hall–Kier alpha value is -3.16. The average Bonchev–Trinajstić information content (AvgIpc) is 3.02. The van der Waals surface area contributed by atoms with E-state index in [1.807, 2.05) is 6.07 Å². The number of carboxylic acid groups (broad SMARTS) is 1. The van der Waals surface area contributed by atoms with Crippen LogP contribution in [0.1, 0.15) is 17.4 Å². The lowest BCUT2D eigenvalue weighted by Gasteiger charge is -2.16. The smallest absolute Gasteiger partial charge is 0.405 e. The first-order valence-corrected chi connectivity index (χ1v) is 7.44. The lowest BCUT2D eigenvalue weighted by atomic mass is 10.0. The number of fused-ring (bicyclic) bond motifs is 1. The summed E-state index contributed by atoms with van der Waals surface area (Å²) < 4.78 is 32.8. The van der Waals surface area contributed by atoms with Crippen LogP contribution >= 0.6 is 0 Å². The first-order valence-electron chi connectivity index (χ1n) is 7.44. The molecule has 8 heteroatoms. The van der Waals surface area contributed by atoms with Crippen molar-refractivity contribution in [2.45, 2.75) is 12.5 Å². The van der Waals surface area contributed by atoms with Gasteiger partial charge in [-0.3, -0.25) is 0 Å². The SMILES string of the molecule is COc1ccc(CC(NC(=O)O)c2nc3ccccc3[nH]2)c(F)c1F. The third-order valence-corrected chi connectivity index (χ3v) is 3.81. The normalized spacial score (nSPS) is 12.1. The molecule has 3 aromatic rings. The quantitative estimate of drug-likeness (QED) is 0.660. The van der Waals surface area contributed by atoms with Gasteiger partial charge in [0.05, 0.1) is 24.2 Å². The summed E-state index contributed by atoms with van der Waals surface area (Å²) in [7, 11) is 1.24. The maximum atomic E-state index is 14.2. The molecule has 0 aliphatic carbocycles. The van der Waals surface area contributed by atoms with Gasteiger partial charge in [0.1, 0.15) is 5.82 Å². The summed E-state index contributed by atoms with van der Waals surface area (Å²) in [5.74, 6) is -2.08. The van der Waals surface area contributed by atoms with Crippen molar-refractivity contribution < 1.29 is 23.4 Å². The van der Waals surface area contributed by atoms with E-state index in [1.165, 1.54) is 19.2 Å². The van der Waals surface area contributed by atoms with Crippen molar-refractivity contribution in [3.8, 4) is 5.75 Å². The second-order valence-electron chi connectivity index (χ2n) is 5.40. The number of methoxy groups -OCH3 is 1. The summed E-state index contributed by atoms with van der Waals surface area (Å²) in [5, 5.41) is 11.3. The molecule has 0 bridgehead atoms. The average molecular weight is 347 g/mol. The van der Waals surface area contributed by atoms with Crippen LogP contribution in [-0.2, 0) is 6.42 Å². The van der Waals surface area contributed by atoms with E-state index < -0.39 is 23.8 Å². The zero-order valence-corrected chi connectivity index (χ0v) is 13.2. The first kappa shape index (κ1) is 16.7. The number of halogens is 2. The van der Waals surface area contributed by atoms with Gasteiger partial charge in [-0.25, -0.2) is 14.2 Å². The van der Waals surface area contributed by atoms with E-state index in [1.54, 1.807) is 18.2 Å². The second-order valence-corrected chi connectivity index (χ2v) is 5.40. The van der Waals surface area contributed by atoms with E-state index in [0.29, 0.717) is 11.3 Å². The van der Waals surface area contributed by atoms with Gasteiger partial charge in [0, 0.05) is 6.42 Å². The zero-order chi connectivity index (χ0) is 18.0. The van der Waals surface area contributed by atoms with Crippen molar-refractivity contribution in [3.63, 3.8) is 0 Å². The Kier molecular flexibility index (Phi) is 4.51. The number of imidazole rings is 1. The van der Waals surface area contributed by atoms with Gasteiger partial charge in [-0.2, -0.15) is 4.39 Å². The Labute approximate surface area is 141 Å². The number of rotatable bonds is 5. The maximum absolute atomic E-state index is 14.2. The first-order chi connectivity index (χ1) is 12.0. The number of amides is 1. The fourth-order valence-electron chi connectivity index (χ4n) is 2.61. The molecule has 1 atom stereocenters. The maximum Gasteiger partial charge on any atom is 0.405 e. The van der Waals surface area contributed by atoms with E-state index in [2.05, 4.69) is 15.3 Å². The van der Waals surface area contributed by atoms with Gasteiger partial charge in [-0.05, 0) is 23.8 Å². The number of nitrogens with one attached hydrogen (secondary N) is 2. The third kappa shape index (κ3) is 3.37. The van der Waals surface area contributed by atoms with Crippen molar-refractivity contribution in [2.24, 2.45) is 0 Å². The molecule has 1 aromatic heterocycles. The van der Waals surface area contributed by atoms with Gasteiger partial charge in [0.15, 0.2) is 11.6 Å². The van der Waals surface area contributed by atoms with Crippen LogP contribution in [0.2, 0.25) is 0 Å². The van der Waals surface area contributed by atoms with E-state index in [-0.39, 0.29) is 17.7 Å². The zero-order valence-electron chi connectivity index (χ0n) is 13.2. The number of ether oxygens (including phenoxy) is 1. The van der Waals surface area contributed by atoms with Gasteiger partial charge in [-0.15, -0.1) is 0 Å². The monoisotopic (exact) mass is 347 g/mol. The van der Waals surface area contributed by atoms with Crippen LogP contribution in [0.3, 0.4) is 0 Å². The molecule has 0 aliphatic heterocycles. The minimum atomic E-state index is -1.29. The van der Waals surface area contributed by atoms with Crippen LogP contribution in [0.4, 0.5) is 13.6 Å². The predicted molar refractivity (Wildman–Crippen MR) is 86.6 cm³/mol. The highest BCUT2D eigenvalue weighted by molar-refractivity contribution is 5.75. The number of para-hydroxylation sites is 2. The Morgan fingerprint density at radius 1 is 1.28 bits per heavy atom. The van der Waals surface area contributed by atoms with E-state index in [4.69, 9.17) is 9.84 Å². The number of hydrogen-bond acceptors (Lipinski definition) is 3. The largest absolute Gasteiger partial charge is 0.494 e. The van der Waals surface area contributed by atoms with Crippen molar-refractivity contribution in [2.75, 3.05) is 7.11 Å². The summed E-state index contributed by atoms with van der Waals surface area (Å²) in [6.45, 7) is 0. The number of carbonyl (C=O) groups is 1. The molecule has 25 heavy (non-hydrogen) atoms. The van der Waals surface area contributed by atoms with Crippen LogP contribution in [0.5, 0.6) is 5.75 Å². The molecule has 2 aromatic carbocycles. The molecule has 0 aliphatic rings. The number of nitrogens with zero attached hydrogens (tertiary/aromatic N) is 1. The Balaban J connectivity index is 1.96. The molecule has 1 amide bonds.